The van der Waals surface area contributed by atoms with Crippen LogP contribution < -0.4 is 0 Å². The lowest BCUT2D eigenvalue weighted by molar-refractivity contribution is -0.387. The Bertz CT molecular complexity index is 1440. The van der Waals surface area contributed by atoms with Crippen LogP contribution in [0.15, 0.2) is 45.8 Å². The normalized spacial score (nSPS) is 15.3. The number of piperidine rings is 1. The molecule has 1 aliphatic rings. The molecule has 0 amide bonds. The predicted octanol–water partition coefficient (Wildman–Crippen LogP) is 4.96. The highest BCUT2D eigenvalue weighted by atomic mass is 35.5. The van der Waals surface area contributed by atoms with E-state index in [1.165, 1.54) is 18.2 Å². The summed E-state index contributed by atoms with van der Waals surface area (Å²) < 4.78 is 46.5. The first-order chi connectivity index (χ1) is 16.5. The minimum Gasteiger partial charge on any atom is -0.477 e. The summed E-state index contributed by atoms with van der Waals surface area (Å²) in [6.07, 6.45) is 0.328. The number of halogens is 3. The van der Waals surface area contributed by atoms with E-state index in [0.717, 1.165) is 22.5 Å². The molecule has 0 spiro atoms. The van der Waals surface area contributed by atoms with Gasteiger partial charge in [0.2, 0.25) is 10.0 Å². The lowest BCUT2D eigenvalue weighted by atomic mass is 9.91. The molecule has 10 nitrogen and oxygen atoms in total. The zero-order chi connectivity index (χ0) is 25.5. The molecule has 0 radical (unpaired) electrons. The van der Waals surface area contributed by atoms with Crippen molar-refractivity contribution in [2.24, 2.45) is 0 Å². The second-order valence-corrected chi connectivity index (χ2v) is 10.4. The van der Waals surface area contributed by atoms with Crippen LogP contribution in [0.3, 0.4) is 0 Å². The van der Waals surface area contributed by atoms with Crippen LogP contribution in [0.5, 0.6) is 0 Å². The van der Waals surface area contributed by atoms with E-state index in [9.17, 15) is 32.8 Å². The number of para-hydroxylation sites is 1. The fourth-order valence-electron chi connectivity index (χ4n) is 4.00. The Morgan fingerprint density at radius 1 is 1.20 bits per heavy atom. The summed E-state index contributed by atoms with van der Waals surface area (Å²) in [6.45, 7) is -0.0745. The quantitative estimate of drug-likeness (QED) is 0.261. The van der Waals surface area contributed by atoms with Gasteiger partial charge in [0.15, 0.2) is 10.7 Å². The van der Waals surface area contributed by atoms with Crippen molar-refractivity contribution in [3.8, 4) is 11.3 Å². The largest absolute Gasteiger partial charge is 0.477 e. The minimum atomic E-state index is -4.16. The van der Waals surface area contributed by atoms with E-state index in [-0.39, 0.29) is 58.6 Å². The summed E-state index contributed by atoms with van der Waals surface area (Å²) in [7, 11) is -4.16. The van der Waals surface area contributed by atoms with Gasteiger partial charge in [-0.2, -0.15) is 4.31 Å². The Morgan fingerprint density at radius 3 is 2.49 bits per heavy atom. The first kappa shape index (κ1) is 25.0. The van der Waals surface area contributed by atoms with E-state index in [4.69, 9.17) is 27.7 Å². The molecule has 0 bridgehead atoms. The smallest absolute Gasteiger partial charge is 0.341 e. The minimum absolute atomic E-state index is 0.00154. The number of carbonyl (C=O) groups is 1. The fraction of sp³-hybridized carbons (Fsp3) is 0.238. The summed E-state index contributed by atoms with van der Waals surface area (Å²) in [5.41, 5.74) is -1.04. The van der Waals surface area contributed by atoms with E-state index < -0.39 is 43.2 Å². The summed E-state index contributed by atoms with van der Waals surface area (Å²) in [5.74, 6) is -2.71. The third kappa shape index (κ3) is 4.61. The Kier molecular flexibility index (Phi) is 6.82. The van der Waals surface area contributed by atoms with Crippen LogP contribution in [0.1, 0.15) is 34.9 Å². The summed E-state index contributed by atoms with van der Waals surface area (Å²) in [5, 5.41) is 24.6. The Morgan fingerprint density at radius 2 is 1.86 bits per heavy atom. The number of carboxylic acid groups (broad SMARTS) is 1. The van der Waals surface area contributed by atoms with Gasteiger partial charge in [0.1, 0.15) is 17.1 Å². The van der Waals surface area contributed by atoms with Gasteiger partial charge in [0.25, 0.3) is 5.69 Å². The van der Waals surface area contributed by atoms with Gasteiger partial charge in [0.05, 0.1) is 15.0 Å². The molecule has 1 N–H and O–H groups in total. The zero-order valence-corrected chi connectivity index (χ0v) is 20.0. The van der Waals surface area contributed by atoms with E-state index in [1.807, 2.05) is 0 Å². The van der Waals surface area contributed by atoms with E-state index in [0.29, 0.717) is 0 Å². The van der Waals surface area contributed by atoms with Crippen molar-refractivity contribution >= 4 is 44.9 Å². The summed E-state index contributed by atoms with van der Waals surface area (Å²) >= 11 is 11.8. The molecule has 0 aliphatic carbocycles. The number of nitrogens with zero attached hydrogens (tertiary/aromatic N) is 3. The number of aromatic carboxylic acids is 1. The van der Waals surface area contributed by atoms with Crippen LogP contribution in [-0.4, -0.2) is 47.0 Å². The average Bonchev–Trinajstić information content (AvgIpc) is 3.26. The standard InChI is InChI=1S/C21H16Cl2FN3O7S/c22-13-10-14(23)15(24)9-12(13)19-18(21(28)29)20(34-25-19)11-5-7-26(8-6-11)35(32,33)17-4-2-1-3-16(17)27(30)31/h1-4,9-11H,5-8H2,(H,28,29). The Balaban J connectivity index is 1.62. The molecular weight excluding hydrogens is 528 g/mol. The number of nitro groups is 1. The van der Waals surface area contributed by atoms with Crippen LogP contribution >= 0.6 is 23.2 Å². The Hall–Kier alpha value is -3.06. The van der Waals surface area contributed by atoms with Crippen molar-refractivity contribution in [1.29, 1.82) is 0 Å². The van der Waals surface area contributed by atoms with Crippen LogP contribution in [-0.2, 0) is 10.0 Å². The maximum absolute atomic E-state index is 14.0. The average molecular weight is 544 g/mol. The number of aromatic nitrogens is 1. The predicted molar refractivity (Wildman–Crippen MR) is 123 cm³/mol. The molecule has 1 saturated heterocycles. The highest BCUT2D eigenvalue weighted by Gasteiger charge is 2.37. The molecule has 0 saturated carbocycles. The molecule has 0 unspecified atom stereocenters. The molecule has 1 fully saturated rings. The van der Waals surface area contributed by atoms with Gasteiger partial charge in [-0.05, 0) is 31.0 Å². The van der Waals surface area contributed by atoms with Crippen molar-refractivity contribution in [3.63, 3.8) is 0 Å². The molecule has 35 heavy (non-hydrogen) atoms. The van der Waals surface area contributed by atoms with Gasteiger partial charge in [-0.25, -0.2) is 17.6 Å². The topological polar surface area (TPSA) is 144 Å². The number of hydrogen-bond acceptors (Lipinski definition) is 7. The van der Waals surface area contributed by atoms with Crippen molar-refractivity contribution in [3.05, 3.63) is 73.7 Å². The maximum Gasteiger partial charge on any atom is 0.341 e. The monoisotopic (exact) mass is 543 g/mol. The third-order valence-corrected chi connectivity index (χ3v) is 8.25. The van der Waals surface area contributed by atoms with Gasteiger partial charge < -0.3 is 9.63 Å². The molecule has 0 atom stereocenters. The lowest BCUT2D eigenvalue weighted by Gasteiger charge is -2.30. The highest BCUT2D eigenvalue weighted by molar-refractivity contribution is 7.89. The summed E-state index contributed by atoms with van der Waals surface area (Å²) in [6, 6.07) is 7.13. The number of benzene rings is 2. The maximum atomic E-state index is 14.0. The van der Waals surface area contributed by atoms with Crippen LogP contribution in [0.25, 0.3) is 11.3 Å². The Labute approximate surface area is 208 Å². The number of hydrogen-bond donors (Lipinski definition) is 1. The molecule has 2 heterocycles. The van der Waals surface area contributed by atoms with E-state index >= 15 is 0 Å². The second kappa shape index (κ2) is 9.53. The van der Waals surface area contributed by atoms with Crippen LogP contribution in [0, 0.1) is 15.9 Å². The fourth-order valence-corrected chi connectivity index (χ4v) is 6.10. The molecule has 2 aromatic carbocycles. The molecular formula is C21H16Cl2FN3O7S. The SMILES string of the molecule is O=C(O)c1c(-c2cc(F)c(Cl)cc2Cl)noc1C1CCN(S(=O)(=O)c2ccccc2[N+](=O)[O-])CC1. The van der Waals surface area contributed by atoms with E-state index in [1.54, 1.807) is 0 Å². The van der Waals surface area contributed by atoms with Crippen molar-refractivity contribution < 1.29 is 32.2 Å². The second-order valence-electron chi connectivity index (χ2n) is 7.72. The first-order valence-electron chi connectivity index (χ1n) is 10.1. The number of nitro benzene ring substituents is 1. The molecule has 3 aromatic rings. The van der Waals surface area contributed by atoms with Gasteiger partial charge in [-0.15, -0.1) is 0 Å². The van der Waals surface area contributed by atoms with E-state index in [2.05, 4.69) is 5.16 Å². The van der Waals surface area contributed by atoms with Crippen molar-refractivity contribution in [1.82, 2.24) is 9.46 Å². The van der Waals surface area contributed by atoms with Crippen LogP contribution in [0.4, 0.5) is 10.1 Å². The number of sulfonamides is 1. The van der Waals surface area contributed by atoms with Gasteiger partial charge in [0, 0.05) is 30.6 Å². The molecule has 1 aliphatic heterocycles. The summed E-state index contributed by atoms with van der Waals surface area (Å²) in [4.78, 5) is 22.2. The van der Waals surface area contributed by atoms with Crippen LogP contribution in [0.2, 0.25) is 10.0 Å². The number of carboxylic acids is 1. The number of rotatable bonds is 6. The molecule has 4 rings (SSSR count). The van der Waals surface area contributed by atoms with Crippen molar-refractivity contribution in [2.75, 3.05) is 13.1 Å². The van der Waals surface area contributed by atoms with Crippen molar-refractivity contribution in [2.45, 2.75) is 23.7 Å². The zero-order valence-electron chi connectivity index (χ0n) is 17.7. The molecule has 184 valence electrons. The lowest BCUT2D eigenvalue weighted by Crippen LogP contribution is -2.38. The molecule has 14 heteroatoms. The third-order valence-electron chi connectivity index (χ3n) is 5.70. The molecule has 1 aromatic heterocycles. The van der Waals surface area contributed by atoms with Gasteiger partial charge in [-0.1, -0.05) is 40.5 Å². The highest BCUT2D eigenvalue weighted by Crippen LogP contribution is 2.40. The first-order valence-corrected chi connectivity index (χ1v) is 12.3. The van der Waals surface area contributed by atoms with Gasteiger partial charge >= 0.3 is 5.97 Å². The van der Waals surface area contributed by atoms with Gasteiger partial charge in [-0.3, -0.25) is 10.1 Å².